The van der Waals surface area contributed by atoms with Crippen LogP contribution in [0.5, 0.6) is 0 Å². The summed E-state index contributed by atoms with van der Waals surface area (Å²) < 4.78 is 13.2. The topological polar surface area (TPSA) is 48.9 Å². The number of aliphatic hydroxyl groups excluding tert-OH is 1. The van der Waals surface area contributed by atoms with Gasteiger partial charge >= 0.3 is 0 Å². The smallest absolute Gasteiger partial charge is 0.126 e. The summed E-state index contributed by atoms with van der Waals surface area (Å²) in [7, 11) is 0. The first-order chi connectivity index (χ1) is 7.18. The Morgan fingerprint density at radius 1 is 1.40 bits per heavy atom. The van der Waals surface area contributed by atoms with Crippen LogP contribution in [0.25, 0.3) is 0 Å². The van der Waals surface area contributed by atoms with Crippen LogP contribution in [-0.2, 0) is 0 Å². The van der Waals surface area contributed by atoms with Crippen LogP contribution >= 0.6 is 0 Å². The molecule has 3 nitrogen and oxygen atoms in total. The van der Waals surface area contributed by atoms with Crippen LogP contribution in [0, 0.1) is 12.7 Å². The minimum Gasteiger partial charge on any atom is -0.384 e. The summed E-state index contributed by atoms with van der Waals surface area (Å²) in [4.78, 5) is 0. The molecule has 1 unspecified atom stereocenters. The molecule has 0 fully saturated rings. The molecule has 0 radical (unpaired) electrons. The maximum atomic E-state index is 13.2. The van der Waals surface area contributed by atoms with E-state index in [0.29, 0.717) is 16.7 Å². The molecule has 1 atom stereocenters. The van der Waals surface area contributed by atoms with Crippen LogP contribution in [0.4, 0.5) is 4.39 Å². The molecular weight excluding hydrogens is 195 g/mol. The fraction of sp³-hybridized carbons (Fsp3) is 0.182. The van der Waals surface area contributed by atoms with Crippen LogP contribution in [-0.4, -0.2) is 15.3 Å². The molecule has 0 bridgehead atoms. The summed E-state index contributed by atoms with van der Waals surface area (Å²) in [6.45, 7) is 1.68. The number of benzene rings is 1. The fourth-order valence-electron chi connectivity index (χ4n) is 1.38. The molecule has 0 aliphatic carbocycles. The molecule has 0 spiro atoms. The van der Waals surface area contributed by atoms with Crippen molar-refractivity contribution in [2.24, 2.45) is 0 Å². The third-order valence-corrected chi connectivity index (χ3v) is 2.35. The average molecular weight is 206 g/mol. The first-order valence-electron chi connectivity index (χ1n) is 4.61. The highest BCUT2D eigenvalue weighted by molar-refractivity contribution is 5.30. The number of hydrogen-bond donors (Lipinski definition) is 2. The fourth-order valence-corrected chi connectivity index (χ4v) is 1.38. The molecule has 1 aromatic heterocycles. The monoisotopic (exact) mass is 206 g/mol. The Morgan fingerprint density at radius 3 is 2.80 bits per heavy atom. The predicted octanol–water partition coefficient (Wildman–Crippen LogP) is 1.94. The number of nitrogens with one attached hydrogen (secondary N) is 1. The molecule has 0 aliphatic heterocycles. The van der Waals surface area contributed by atoms with Crippen molar-refractivity contribution in [1.82, 2.24) is 10.2 Å². The highest BCUT2D eigenvalue weighted by Crippen LogP contribution is 2.22. The number of H-pyrrole nitrogens is 1. The first kappa shape index (κ1) is 9.86. The number of halogens is 1. The quantitative estimate of drug-likeness (QED) is 0.788. The lowest BCUT2D eigenvalue weighted by Crippen LogP contribution is -1.99. The van der Waals surface area contributed by atoms with Gasteiger partial charge in [0.1, 0.15) is 11.9 Å². The van der Waals surface area contributed by atoms with E-state index >= 15 is 0 Å². The molecule has 0 saturated carbocycles. The lowest BCUT2D eigenvalue weighted by atomic mass is 10.0. The minimum absolute atomic E-state index is 0.310. The van der Waals surface area contributed by atoms with Crippen molar-refractivity contribution in [2.75, 3.05) is 0 Å². The summed E-state index contributed by atoms with van der Waals surface area (Å²) in [5.74, 6) is -0.310. The highest BCUT2D eigenvalue weighted by Gasteiger charge is 2.12. The molecule has 1 heterocycles. The van der Waals surface area contributed by atoms with Crippen molar-refractivity contribution >= 4 is 0 Å². The summed E-state index contributed by atoms with van der Waals surface area (Å²) in [5.41, 5.74) is 1.72. The lowest BCUT2D eigenvalue weighted by molar-refractivity contribution is 0.220. The number of aryl methyl sites for hydroxylation is 1. The van der Waals surface area contributed by atoms with Crippen LogP contribution in [0.3, 0.4) is 0 Å². The van der Waals surface area contributed by atoms with Crippen molar-refractivity contribution < 1.29 is 9.50 Å². The largest absolute Gasteiger partial charge is 0.384 e. The van der Waals surface area contributed by atoms with Gasteiger partial charge in [-0.2, -0.15) is 5.10 Å². The maximum absolute atomic E-state index is 13.2. The molecule has 15 heavy (non-hydrogen) atoms. The van der Waals surface area contributed by atoms with E-state index in [1.807, 2.05) is 0 Å². The zero-order valence-corrected chi connectivity index (χ0v) is 8.24. The molecule has 4 heteroatoms. The van der Waals surface area contributed by atoms with Gasteiger partial charge in [0, 0.05) is 11.8 Å². The van der Waals surface area contributed by atoms with E-state index in [-0.39, 0.29) is 5.82 Å². The van der Waals surface area contributed by atoms with E-state index in [9.17, 15) is 9.50 Å². The zero-order valence-electron chi connectivity index (χ0n) is 8.24. The maximum Gasteiger partial charge on any atom is 0.126 e. The summed E-state index contributed by atoms with van der Waals surface area (Å²) in [6, 6.07) is 4.69. The summed E-state index contributed by atoms with van der Waals surface area (Å²) >= 11 is 0. The van der Waals surface area contributed by atoms with Gasteiger partial charge in [-0.05, 0) is 24.1 Å². The molecule has 78 valence electrons. The number of aromatic nitrogens is 2. The highest BCUT2D eigenvalue weighted by atomic mass is 19.1. The molecule has 0 saturated heterocycles. The van der Waals surface area contributed by atoms with Gasteiger partial charge in [-0.25, -0.2) is 4.39 Å². The van der Waals surface area contributed by atoms with Gasteiger partial charge in [0.15, 0.2) is 0 Å². The zero-order chi connectivity index (χ0) is 10.8. The van der Waals surface area contributed by atoms with Crippen molar-refractivity contribution in [1.29, 1.82) is 0 Å². The minimum atomic E-state index is -0.834. The summed E-state index contributed by atoms with van der Waals surface area (Å²) in [6.07, 6.45) is 2.27. The van der Waals surface area contributed by atoms with Crippen LogP contribution < -0.4 is 0 Å². The number of aliphatic hydroxyl groups is 1. The molecule has 2 rings (SSSR count). The molecule has 0 amide bonds. The third kappa shape index (κ3) is 1.89. The number of aromatic amines is 1. The van der Waals surface area contributed by atoms with Crippen LogP contribution in [0.2, 0.25) is 0 Å². The number of nitrogens with zero attached hydrogens (tertiary/aromatic N) is 1. The second kappa shape index (κ2) is 3.82. The Hall–Kier alpha value is -1.68. The number of hydrogen-bond acceptors (Lipinski definition) is 2. The Kier molecular flexibility index (Phi) is 2.51. The van der Waals surface area contributed by atoms with E-state index in [1.165, 1.54) is 12.3 Å². The Balaban J connectivity index is 2.34. The van der Waals surface area contributed by atoms with Gasteiger partial charge in [-0.3, -0.25) is 5.10 Å². The van der Waals surface area contributed by atoms with Crippen molar-refractivity contribution in [3.63, 3.8) is 0 Å². The average Bonchev–Trinajstić information content (AvgIpc) is 2.74. The van der Waals surface area contributed by atoms with Gasteiger partial charge in [-0.1, -0.05) is 12.1 Å². The van der Waals surface area contributed by atoms with E-state index < -0.39 is 6.10 Å². The molecule has 2 aromatic rings. The molecular formula is C11H11FN2O. The Morgan fingerprint density at radius 2 is 2.20 bits per heavy atom. The lowest BCUT2D eigenvalue weighted by Gasteiger charge is -2.09. The van der Waals surface area contributed by atoms with Crippen LogP contribution in [0.1, 0.15) is 22.8 Å². The second-order valence-corrected chi connectivity index (χ2v) is 3.44. The number of rotatable bonds is 2. The molecule has 1 aromatic carbocycles. The van der Waals surface area contributed by atoms with E-state index in [0.717, 1.165) is 0 Å². The normalized spacial score (nSPS) is 12.7. The second-order valence-electron chi connectivity index (χ2n) is 3.44. The Bertz CT molecular complexity index is 454. The van der Waals surface area contributed by atoms with Gasteiger partial charge in [-0.15, -0.1) is 0 Å². The van der Waals surface area contributed by atoms with E-state index in [1.54, 1.807) is 25.3 Å². The van der Waals surface area contributed by atoms with E-state index in [4.69, 9.17) is 0 Å². The Labute approximate surface area is 86.6 Å². The van der Waals surface area contributed by atoms with Gasteiger partial charge < -0.3 is 5.11 Å². The predicted molar refractivity (Wildman–Crippen MR) is 53.8 cm³/mol. The van der Waals surface area contributed by atoms with Gasteiger partial charge in [0.05, 0.1) is 6.20 Å². The summed E-state index contributed by atoms with van der Waals surface area (Å²) in [5, 5.41) is 16.2. The molecule has 0 aliphatic rings. The third-order valence-electron chi connectivity index (χ3n) is 2.35. The standard InChI is InChI=1S/C11H11FN2O/c1-7-2-3-8(4-10(7)12)11(15)9-5-13-14-6-9/h2-6,11,15H,1H3,(H,13,14). The molecule has 2 N–H and O–H groups in total. The first-order valence-corrected chi connectivity index (χ1v) is 4.61. The SMILES string of the molecule is Cc1ccc(C(O)c2cn[nH]c2)cc1F. The van der Waals surface area contributed by atoms with Gasteiger partial charge in [0.25, 0.3) is 0 Å². The van der Waals surface area contributed by atoms with E-state index in [2.05, 4.69) is 10.2 Å². The van der Waals surface area contributed by atoms with Gasteiger partial charge in [0.2, 0.25) is 0 Å². The van der Waals surface area contributed by atoms with Crippen molar-refractivity contribution in [3.05, 3.63) is 53.1 Å². The van der Waals surface area contributed by atoms with Crippen molar-refractivity contribution in [3.8, 4) is 0 Å². The van der Waals surface area contributed by atoms with Crippen LogP contribution in [0.15, 0.2) is 30.6 Å². The van der Waals surface area contributed by atoms with Crippen molar-refractivity contribution in [2.45, 2.75) is 13.0 Å².